The van der Waals surface area contributed by atoms with Crippen molar-refractivity contribution in [3.63, 3.8) is 0 Å². The molecule has 0 aliphatic heterocycles. The number of rotatable bonds is 8. The molecular weight excluding hydrogens is 446 g/mol. The predicted molar refractivity (Wildman–Crippen MR) is 131 cm³/mol. The molecule has 3 amide bonds. The zero-order valence-corrected chi connectivity index (χ0v) is 20.1. The van der Waals surface area contributed by atoms with Gasteiger partial charge >= 0.3 is 0 Å². The van der Waals surface area contributed by atoms with Gasteiger partial charge in [-0.05, 0) is 74.2 Å². The molecular formula is C27H31N3O5. The molecule has 8 heteroatoms. The van der Waals surface area contributed by atoms with Crippen LogP contribution in [0.3, 0.4) is 0 Å². The van der Waals surface area contributed by atoms with Gasteiger partial charge in [-0.25, -0.2) is 0 Å². The molecule has 1 fully saturated rings. The number of amides is 3. The summed E-state index contributed by atoms with van der Waals surface area (Å²) < 4.78 is 10.8. The Kier molecular flexibility index (Phi) is 7.70. The number of furan rings is 2. The number of carbonyl (C=O) groups is 3. The van der Waals surface area contributed by atoms with Crippen molar-refractivity contribution in [2.45, 2.75) is 58.0 Å². The lowest BCUT2D eigenvalue weighted by Gasteiger charge is -2.32. The van der Waals surface area contributed by atoms with Crippen molar-refractivity contribution >= 4 is 23.4 Å². The van der Waals surface area contributed by atoms with Crippen LogP contribution >= 0.6 is 0 Å². The fourth-order valence-electron chi connectivity index (χ4n) is 4.61. The van der Waals surface area contributed by atoms with Crippen molar-refractivity contribution < 1.29 is 23.2 Å². The lowest BCUT2D eigenvalue weighted by Crippen LogP contribution is -2.49. The van der Waals surface area contributed by atoms with E-state index in [1.807, 2.05) is 32.0 Å². The van der Waals surface area contributed by atoms with Gasteiger partial charge in [0.05, 0.1) is 19.1 Å². The van der Waals surface area contributed by atoms with E-state index in [0.717, 1.165) is 43.2 Å². The minimum atomic E-state index is -1.03. The molecule has 2 heterocycles. The first-order valence-corrected chi connectivity index (χ1v) is 12.0. The fourth-order valence-corrected chi connectivity index (χ4v) is 4.61. The first-order chi connectivity index (χ1) is 16.9. The zero-order valence-electron chi connectivity index (χ0n) is 20.1. The van der Waals surface area contributed by atoms with Crippen molar-refractivity contribution in [3.05, 3.63) is 77.6 Å². The van der Waals surface area contributed by atoms with Gasteiger partial charge in [0.25, 0.3) is 11.8 Å². The van der Waals surface area contributed by atoms with Crippen LogP contribution in [-0.2, 0) is 9.59 Å². The molecule has 184 valence electrons. The average molecular weight is 478 g/mol. The molecule has 0 bridgehead atoms. The SMILES string of the molecule is Cc1cc(C)cc(N(C(=O)CNC(=O)c2ccco2)[C@H](C(=O)NC2CCCCC2)c2ccco2)c1. The van der Waals surface area contributed by atoms with Gasteiger partial charge in [-0.2, -0.15) is 0 Å². The van der Waals surface area contributed by atoms with Crippen molar-refractivity contribution in [2.24, 2.45) is 0 Å². The van der Waals surface area contributed by atoms with Crippen LogP contribution in [0.15, 0.2) is 63.8 Å². The molecule has 0 saturated heterocycles. The number of hydrogen-bond acceptors (Lipinski definition) is 5. The van der Waals surface area contributed by atoms with E-state index in [-0.39, 0.29) is 24.3 Å². The normalized spacial score (nSPS) is 14.8. The second kappa shape index (κ2) is 11.1. The van der Waals surface area contributed by atoms with Gasteiger partial charge in [-0.3, -0.25) is 19.3 Å². The summed E-state index contributed by atoms with van der Waals surface area (Å²) in [4.78, 5) is 41.1. The Morgan fingerprint density at radius 1 is 0.971 bits per heavy atom. The van der Waals surface area contributed by atoms with E-state index in [0.29, 0.717) is 11.4 Å². The average Bonchev–Trinajstić information content (AvgIpc) is 3.55. The Morgan fingerprint density at radius 2 is 1.66 bits per heavy atom. The number of benzene rings is 1. The molecule has 8 nitrogen and oxygen atoms in total. The summed E-state index contributed by atoms with van der Waals surface area (Å²) in [6.45, 7) is 3.55. The number of aryl methyl sites for hydroxylation is 2. The molecule has 35 heavy (non-hydrogen) atoms. The van der Waals surface area contributed by atoms with Gasteiger partial charge in [-0.1, -0.05) is 25.3 Å². The fraction of sp³-hybridized carbons (Fsp3) is 0.370. The lowest BCUT2D eigenvalue weighted by atomic mass is 9.95. The Bertz CT molecular complexity index is 1130. The van der Waals surface area contributed by atoms with Crippen molar-refractivity contribution in [1.29, 1.82) is 0 Å². The summed E-state index contributed by atoms with van der Waals surface area (Å²) in [5.41, 5.74) is 2.45. The highest BCUT2D eigenvalue weighted by molar-refractivity contribution is 6.04. The number of nitrogens with one attached hydrogen (secondary N) is 2. The summed E-state index contributed by atoms with van der Waals surface area (Å²) in [7, 11) is 0. The second-order valence-electron chi connectivity index (χ2n) is 9.03. The second-order valence-corrected chi connectivity index (χ2v) is 9.03. The summed E-state index contributed by atoms with van der Waals surface area (Å²) in [6.07, 6.45) is 7.99. The minimum absolute atomic E-state index is 0.0589. The third-order valence-electron chi connectivity index (χ3n) is 6.17. The predicted octanol–water partition coefficient (Wildman–Crippen LogP) is 4.44. The van der Waals surface area contributed by atoms with Crippen LogP contribution in [0.4, 0.5) is 5.69 Å². The van der Waals surface area contributed by atoms with Crippen LogP contribution in [0.2, 0.25) is 0 Å². The smallest absolute Gasteiger partial charge is 0.287 e. The molecule has 1 aromatic carbocycles. The quantitative estimate of drug-likeness (QED) is 0.499. The topological polar surface area (TPSA) is 105 Å². The Hall–Kier alpha value is -3.81. The molecule has 0 unspecified atom stereocenters. The van der Waals surface area contributed by atoms with Gasteiger partial charge in [0.15, 0.2) is 11.8 Å². The van der Waals surface area contributed by atoms with Crippen LogP contribution in [0.5, 0.6) is 0 Å². The van der Waals surface area contributed by atoms with Crippen molar-refractivity contribution in [1.82, 2.24) is 10.6 Å². The highest BCUT2D eigenvalue weighted by Gasteiger charge is 2.36. The van der Waals surface area contributed by atoms with Crippen molar-refractivity contribution in [3.8, 4) is 0 Å². The van der Waals surface area contributed by atoms with Gasteiger partial charge in [0.1, 0.15) is 5.76 Å². The molecule has 1 atom stereocenters. The molecule has 3 aromatic rings. The standard InChI is InChI=1S/C27H31N3O5/c1-18-14-19(2)16-21(15-18)30(24(31)17-28-26(32)23-11-7-13-35-23)25(22-10-6-12-34-22)27(33)29-20-8-4-3-5-9-20/h6-7,10-16,20,25H,3-5,8-9,17H2,1-2H3,(H,28,32)(H,29,33)/t25-/m0/s1. The van der Waals surface area contributed by atoms with E-state index in [9.17, 15) is 14.4 Å². The summed E-state index contributed by atoms with van der Waals surface area (Å²) in [5, 5.41) is 5.73. The summed E-state index contributed by atoms with van der Waals surface area (Å²) in [6, 6.07) is 11.2. The van der Waals surface area contributed by atoms with E-state index < -0.39 is 17.9 Å². The monoisotopic (exact) mass is 477 g/mol. The number of hydrogen-bond donors (Lipinski definition) is 2. The van der Waals surface area contributed by atoms with Crippen LogP contribution in [0.25, 0.3) is 0 Å². The molecule has 0 spiro atoms. The third-order valence-corrected chi connectivity index (χ3v) is 6.17. The molecule has 0 radical (unpaired) electrons. The van der Waals surface area contributed by atoms with Gasteiger partial charge in [0.2, 0.25) is 5.91 Å². The molecule has 2 N–H and O–H groups in total. The van der Waals surface area contributed by atoms with Crippen LogP contribution in [0, 0.1) is 13.8 Å². The number of nitrogens with zero attached hydrogens (tertiary/aromatic N) is 1. The maximum atomic E-state index is 13.7. The third kappa shape index (κ3) is 6.01. The first-order valence-electron chi connectivity index (χ1n) is 12.0. The zero-order chi connectivity index (χ0) is 24.8. The Labute approximate surface area is 204 Å². The van der Waals surface area contributed by atoms with Crippen molar-refractivity contribution in [2.75, 3.05) is 11.4 Å². The van der Waals surface area contributed by atoms with E-state index in [2.05, 4.69) is 10.6 Å². The maximum absolute atomic E-state index is 13.7. The highest BCUT2D eigenvalue weighted by Crippen LogP contribution is 2.31. The Morgan fingerprint density at radius 3 is 2.29 bits per heavy atom. The summed E-state index contributed by atoms with van der Waals surface area (Å²) >= 11 is 0. The Balaban J connectivity index is 1.66. The first kappa shape index (κ1) is 24.3. The van der Waals surface area contributed by atoms with Crippen LogP contribution in [0.1, 0.15) is 65.6 Å². The molecule has 2 aromatic heterocycles. The van der Waals surface area contributed by atoms with E-state index in [4.69, 9.17) is 8.83 Å². The maximum Gasteiger partial charge on any atom is 0.287 e. The molecule has 1 aliphatic rings. The highest BCUT2D eigenvalue weighted by atomic mass is 16.3. The summed E-state index contributed by atoms with van der Waals surface area (Å²) in [5.74, 6) is -0.812. The van der Waals surface area contributed by atoms with E-state index >= 15 is 0 Å². The van der Waals surface area contributed by atoms with Gasteiger partial charge < -0.3 is 19.5 Å². The number of anilines is 1. The van der Waals surface area contributed by atoms with Crippen LogP contribution < -0.4 is 15.5 Å². The van der Waals surface area contributed by atoms with Gasteiger partial charge in [0, 0.05) is 11.7 Å². The minimum Gasteiger partial charge on any atom is -0.467 e. The van der Waals surface area contributed by atoms with E-state index in [1.165, 1.54) is 23.5 Å². The molecule has 1 aliphatic carbocycles. The molecule has 1 saturated carbocycles. The van der Waals surface area contributed by atoms with Crippen LogP contribution in [-0.4, -0.2) is 30.3 Å². The van der Waals surface area contributed by atoms with E-state index in [1.54, 1.807) is 18.2 Å². The number of carbonyl (C=O) groups excluding carboxylic acids is 3. The lowest BCUT2D eigenvalue weighted by molar-refractivity contribution is -0.127. The largest absolute Gasteiger partial charge is 0.467 e. The van der Waals surface area contributed by atoms with Gasteiger partial charge in [-0.15, -0.1) is 0 Å². The molecule has 4 rings (SSSR count).